The van der Waals surface area contributed by atoms with Crippen molar-refractivity contribution in [2.75, 3.05) is 13.1 Å². The van der Waals surface area contributed by atoms with Crippen LogP contribution < -0.4 is 0 Å². The topological polar surface area (TPSA) is 115 Å². The normalized spacial score (nSPS) is 16.5. The van der Waals surface area contributed by atoms with E-state index in [1.54, 1.807) is 29.3 Å². The van der Waals surface area contributed by atoms with Crippen molar-refractivity contribution in [3.63, 3.8) is 0 Å². The van der Waals surface area contributed by atoms with Crippen LogP contribution in [0.3, 0.4) is 0 Å². The standard InChI is InChI=1S/C17H16N4O5/c22-15(13-4-11-26-19-13)20-8-5-17(6-9-20,16(23)24)21-7-3-12(18-21)14-2-1-10-25-14/h1-4,7,10-11H,5-6,8-9H2,(H,23,24). The Balaban J connectivity index is 1.56. The molecule has 0 saturated carbocycles. The van der Waals surface area contributed by atoms with Crippen LogP contribution in [0.4, 0.5) is 0 Å². The number of hydrogen-bond acceptors (Lipinski definition) is 6. The van der Waals surface area contributed by atoms with E-state index < -0.39 is 11.5 Å². The van der Waals surface area contributed by atoms with Crippen molar-refractivity contribution in [2.45, 2.75) is 18.4 Å². The van der Waals surface area contributed by atoms with Gasteiger partial charge in [-0.25, -0.2) is 4.79 Å². The Bertz CT molecular complexity index is 905. The summed E-state index contributed by atoms with van der Waals surface area (Å²) < 4.78 is 11.5. The van der Waals surface area contributed by atoms with E-state index in [1.165, 1.54) is 23.3 Å². The largest absolute Gasteiger partial charge is 0.479 e. The van der Waals surface area contributed by atoms with Crippen LogP contribution in [0.5, 0.6) is 0 Å². The van der Waals surface area contributed by atoms with Gasteiger partial charge in [0.1, 0.15) is 12.0 Å². The average Bonchev–Trinajstić information content (AvgIpc) is 3.43. The number of aliphatic carboxylic acids is 1. The predicted octanol–water partition coefficient (Wildman–Crippen LogP) is 1.85. The lowest BCUT2D eigenvalue weighted by Gasteiger charge is -2.38. The van der Waals surface area contributed by atoms with Crippen molar-refractivity contribution < 1.29 is 23.6 Å². The molecule has 0 atom stereocenters. The minimum Gasteiger partial charge on any atom is -0.479 e. The second-order valence-electron chi connectivity index (χ2n) is 6.14. The third-order valence-corrected chi connectivity index (χ3v) is 4.73. The quantitative estimate of drug-likeness (QED) is 0.758. The molecule has 0 radical (unpaired) electrons. The molecule has 1 aliphatic heterocycles. The zero-order chi connectivity index (χ0) is 18.1. The van der Waals surface area contributed by atoms with Crippen LogP contribution in [0.1, 0.15) is 23.3 Å². The highest BCUT2D eigenvalue weighted by Gasteiger charge is 2.45. The molecule has 1 saturated heterocycles. The van der Waals surface area contributed by atoms with Crippen molar-refractivity contribution in [1.29, 1.82) is 0 Å². The van der Waals surface area contributed by atoms with E-state index in [2.05, 4.69) is 10.3 Å². The molecule has 134 valence electrons. The molecule has 0 spiro atoms. The highest BCUT2D eigenvalue weighted by molar-refractivity contribution is 5.92. The van der Waals surface area contributed by atoms with Crippen molar-refractivity contribution in [2.24, 2.45) is 0 Å². The van der Waals surface area contributed by atoms with Crippen LogP contribution in [0.2, 0.25) is 0 Å². The lowest BCUT2D eigenvalue weighted by atomic mass is 9.87. The van der Waals surface area contributed by atoms with Gasteiger partial charge < -0.3 is 18.9 Å². The zero-order valence-corrected chi connectivity index (χ0v) is 13.7. The van der Waals surface area contributed by atoms with E-state index in [0.29, 0.717) is 11.5 Å². The van der Waals surface area contributed by atoms with Crippen LogP contribution in [-0.4, -0.2) is 49.9 Å². The summed E-state index contributed by atoms with van der Waals surface area (Å²) in [7, 11) is 0. The number of carboxylic acid groups (broad SMARTS) is 1. The molecule has 9 nitrogen and oxygen atoms in total. The summed E-state index contributed by atoms with van der Waals surface area (Å²) in [5.41, 5.74) is -0.422. The second kappa shape index (κ2) is 6.17. The van der Waals surface area contributed by atoms with Gasteiger partial charge in [-0.1, -0.05) is 5.16 Å². The van der Waals surface area contributed by atoms with Gasteiger partial charge in [-0.2, -0.15) is 5.10 Å². The van der Waals surface area contributed by atoms with Gasteiger partial charge in [-0.05, 0) is 18.2 Å². The summed E-state index contributed by atoms with van der Waals surface area (Å²) in [5, 5.41) is 17.9. The highest BCUT2D eigenvalue weighted by atomic mass is 16.5. The summed E-state index contributed by atoms with van der Waals surface area (Å²) >= 11 is 0. The fourth-order valence-corrected chi connectivity index (χ4v) is 3.22. The van der Waals surface area contributed by atoms with Crippen LogP contribution in [-0.2, 0) is 10.3 Å². The predicted molar refractivity (Wildman–Crippen MR) is 87.2 cm³/mol. The van der Waals surface area contributed by atoms with E-state index >= 15 is 0 Å². The van der Waals surface area contributed by atoms with Crippen molar-refractivity contribution in [3.8, 4) is 11.5 Å². The molecular formula is C17H16N4O5. The number of hydrogen-bond donors (Lipinski definition) is 1. The first-order valence-corrected chi connectivity index (χ1v) is 8.13. The number of nitrogens with zero attached hydrogens (tertiary/aromatic N) is 4. The molecule has 9 heteroatoms. The number of aromatic nitrogens is 3. The van der Waals surface area contributed by atoms with Crippen LogP contribution in [0.25, 0.3) is 11.5 Å². The summed E-state index contributed by atoms with van der Waals surface area (Å²) in [4.78, 5) is 26.0. The minimum atomic E-state index is -1.20. The van der Waals surface area contributed by atoms with Gasteiger partial charge in [0.15, 0.2) is 17.0 Å². The first-order valence-electron chi connectivity index (χ1n) is 8.13. The number of piperidine rings is 1. The number of carbonyl (C=O) groups excluding carboxylic acids is 1. The molecule has 3 aromatic rings. The van der Waals surface area contributed by atoms with E-state index in [1.807, 2.05) is 0 Å². The summed E-state index contributed by atoms with van der Waals surface area (Å²) in [5.74, 6) is -0.669. The molecule has 26 heavy (non-hydrogen) atoms. The molecule has 1 fully saturated rings. The SMILES string of the molecule is O=C(c1ccon1)N1CCC(C(=O)O)(n2ccc(-c3ccco3)n2)CC1. The fraction of sp³-hybridized carbons (Fsp3) is 0.294. The van der Waals surface area contributed by atoms with Crippen molar-refractivity contribution in [3.05, 3.63) is 48.7 Å². The van der Waals surface area contributed by atoms with Gasteiger partial charge in [-0.15, -0.1) is 0 Å². The number of amides is 1. The highest BCUT2D eigenvalue weighted by Crippen LogP contribution is 2.32. The molecule has 1 amide bonds. The Morgan fingerprint density at radius 1 is 1.15 bits per heavy atom. The lowest BCUT2D eigenvalue weighted by Crippen LogP contribution is -2.52. The van der Waals surface area contributed by atoms with E-state index in [4.69, 9.17) is 8.94 Å². The molecule has 3 aromatic heterocycles. The van der Waals surface area contributed by atoms with E-state index in [0.717, 1.165) is 0 Å². The molecule has 4 rings (SSSR count). The Morgan fingerprint density at radius 2 is 1.96 bits per heavy atom. The third-order valence-electron chi connectivity index (χ3n) is 4.73. The van der Waals surface area contributed by atoms with Gasteiger partial charge in [0, 0.05) is 38.2 Å². The zero-order valence-electron chi connectivity index (χ0n) is 13.7. The Hall–Kier alpha value is -3.36. The molecule has 1 aliphatic rings. The Labute approximate surface area is 147 Å². The second-order valence-corrected chi connectivity index (χ2v) is 6.14. The molecule has 0 aromatic carbocycles. The van der Waals surface area contributed by atoms with E-state index in [-0.39, 0.29) is 37.5 Å². The number of carboxylic acids is 1. The van der Waals surface area contributed by atoms with Gasteiger partial charge in [0.25, 0.3) is 5.91 Å². The lowest BCUT2D eigenvalue weighted by molar-refractivity contribution is -0.150. The summed E-state index contributed by atoms with van der Waals surface area (Å²) in [6, 6.07) is 6.72. The maximum atomic E-state index is 12.4. The van der Waals surface area contributed by atoms with Gasteiger partial charge in [-0.3, -0.25) is 9.48 Å². The Kier molecular flexibility index (Phi) is 3.83. The molecule has 0 unspecified atom stereocenters. The number of furan rings is 1. The Morgan fingerprint density at radius 3 is 2.58 bits per heavy atom. The van der Waals surface area contributed by atoms with Gasteiger partial charge >= 0.3 is 5.97 Å². The molecule has 0 bridgehead atoms. The van der Waals surface area contributed by atoms with Gasteiger partial charge in [0.2, 0.25) is 0 Å². The van der Waals surface area contributed by atoms with Crippen molar-refractivity contribution in [1.82, 2.24) is 19.8 Å². The first-order chi connectivity index (χ1) is 12.6. The van der Waals surface area contributed by atoms with Crippen LogP contribution in [0, 0.1) is 0 Å². The monoisotopic (exact) mass is 356 g/mol. The number of likely N-dealkylation sites (tertiary alicyclic amines) is 1. The fourth-order valence-electron chi connectivity index (χ4n) is 3.22. The molecule has 4 heterocycles. The maximum absolute atomic E-state index is 12.4. The van der Waals surface area contributed by atoms with E-state index in [9.17, 15) is 14.7 Å². The van der Waals surface area contributed by atoms with Crippen molar-refractivity contribution >= 4 is 11.9 Å². The number of rotatable bonds is 4. The average molecular weight is 356 g/mol. The molecule has 1 N–H and O–H groups in total. The van der Waals surface area contributed by atoms with Crippen LogP contribution >= 0.6 is 0 Å². The first kappa shape index (κ1) is 16.1. The maximum Gasteiger partial charge on any atom is 0.331 e. The van der Waals surface area contributed by atoms with Crippen LogP contribution in [0.15, 0.2) is 51.9 Å². The minimum absolute atomic E-state index is 0.215. The third kappa shape index (κ3) is 2.57. The molecule has 0 aliphatic carbocycles. The van der Waals surface area contributed by atoms with Gasteiger partial charge in [0.05, 0.1) is 6.26 Å². The number of carbonyl (C=O) groups is 2. The summed E-state index contributed by atoms with van der Waals surface area (Å²) in [6.45, 7) is 0.571. The molecular weight excluding hydrogens is 340 g/mol. The summed E-state index contributed by atoms with van der Waals surface area (Å²) in [6.07, 6.45) is 4.99. The smallest absolute Gasteiger partial charge is 0.331 e.